The Labute approximate surface area is 153 Å². The van der Waals surface area contributed by atoms with E-state index < -0.39 is 0 Å². The third-order valence-electron chi connectivity index (χ3n) is 4.36. The van der Waals surface area contributed by atoms with Gasteiger partial charge >= 0.3 is 5.97 Å². The van der Waals surface area contributed by atoms with E-state index in [9.17, 15) is 4.79 Å². The molecule has 0 saturated carbocycles. The van der Waals surface area contributed by atoms with Crippen LogP contribution in [-0.2, 0) is 20.8 Å². The number of carbonyl (C=O) groups excluding carboxylic acids is 1. The maximum Gasteiger partial charge on any atom is 0.337 e. The fourth-order valence-electron chi connectivity index (χ4n) is 2.91. The van der Waals surface area contributed by atoms with Crippen molar-refractivity contribution in [3.63, 3.8) is 0 Å². The summed E-state index contributed by atoms with van der Waals surface area (Å²) in [4.78, 5) is 11.5. The average Bonchev–Trinajstić information content (AvgIpc) is 2.72. The van der Waals surface area contributed by atoms with Crippen molar-refractivity contribution in [1.82, 2.24) is 5.32 Å². The predicted molar refractivity (Wildman–Crippen MR) is 98.9 cm³/mol. The first-order chi connectivity index (χ1) is 12.8. The molecule has 1 unspecified atom stereocenters. The Balaban J connectivity index is 1.65. The number of benzene rings is 1. The molecule has 0 saturated heterocycles. The van der Waals surface area contributed by atoms with Crippen molar-refractivity contribution in [2.24, 2.45) is 0 Å². The van der Waals surface area contributed by atoms with Gasteiger partial charge in [0.25, 0.3) is 0 Å². The Kier molecular flexibility index (Phi) is 6.28. The monoisotopic (exact) mass is 353 g/mol. The molecule has 1 aliphatic heterocycles. The largest absolute Gasteiger partial charge is 0.466 e. The molecule has 3 rings (SSSR count). The molecule has 0 aromatic heterocycles. The summed E-state index contributed by atoms with van der Waals surface area (Å²) in [7, 11) is 1.38. The Morgan fingerprint density at radius 2 is 2.12 bits per heavy atom. The summed E-state index contributed by atoms with van der Waals surface area (Å²) >= 11 is 0. The third-order valence-corrected chi connectivity index (χ3v) is 4.36. The first kappa shape index (κ1) is 18.0. The van der Waals surface area contributed by atoms with Gasteiger partial charge < -0.3 is 19.5 Å². The van der Waals surface area contributed by atoms with Gasteiger partial charge in [-0.15, -0.1) is 0 Å². The standard InChI is InChI=1S/C21H23NO4/c1-24-21(23)18-9-7-17(8-10-18)14-22-19(20-15-25-11-12-26-20)13-16-5-3-2-4-6-16/h2-3,5,7-12,15,19,22H,4,6,13-14H2,1H3. The van der Waals surface area contributed by atoms with E-state index >= 15 is 0 Å². The minimum atomic E-state index is -0.329. The minimum absolute atomic E-state index is 0.0120. The molecule has 0 fully saturated rings. The molecule has 0 amide bonds. The van der Waals surface area contributed by atoms with Crippen LogP contribution in [0.4, 0.5) is 0 Å². The quantitative estimate of drug-likeness (QED) is 0.752. The van der Waals surface area contributed by atoms with Crippen molar-refractivity contribution in [2.75, 3.05) is 7.11 Å². The zero-order valence-electron chi connectivity index (χ0n) is 14.8. The van der Waals surface area contributed by atoms with Crippen LogP contribution in [0.15, 0.2) is 72.6 Å². The van der Waals surface area contributed by atoms with Crippen molar-refractivity contribution in [3.8, 4) is 0 Å². The van der Waals surface area contributed by atoms with E-state index in [4.69, 9.17) is 14.2 Å². The highest BCUT2D eigenvalue weighted by molar-refractivity contribution is 5.89. The highest BCUT2D eigenvalue weighted by Crippen LogP contribution is 2.22. The maximum atomic E-state index is 11.5. The van der Waals surface area contributed by atoms with E-state index in [0.29, 0.717) is 12.1 Å². The summed E-state index contributed by atoms with van der Waals surface area (Å²) in [5.74, 6) is 0.429. The summed E-state index contributed by atoms with van der Waals surface area (Å²) in [5, 5.41) is 3.53. The fourth-order valence-corrected chi connectivity index (χ4v) is 2.91. The number of ether oxygens (including phenoxy) is 3. The highest BCUT2D eigenvalue weighted by Gasteiger charge is 2.19. The second kappa shape index (κ2) is 9.06. The smallest absolute Gasteiger partial charge is 0.337 e. The van der Waals surface area contributed by atoms with Gasteiger partial charge in [-0.2, -0.15) is 0 Å². The molecule has 136 valence electrons. The van der Waals surface area contributed by atoms with Crippen molar-refractivity contribution in [1.29, 1.82) is 0 Å². The molecule has 0 spiro atoms. The van der Waals surface area contributed by atoms with Crippen molar-refractivity contribution in [3.05, 3.63) is 83.7 Å². The number of nitrogens with one attached hydrogen (secondary N) is 1. The van der Waals surface area contributed by atoms with Crippen LogP contribution < -0.4 is 5.32 Å². The zero-order chi connectivity index (χ0) is 18.2. The predicted octanol–water partition coefficient (Wildman–Crippen LogP) is 3.96. The number of carbonyl (C=O) groups is 1. The normalized spacial score (nSPS) is 16.8. The van der Waals surface area contributed by atoms with Crippen LogP contribution in [0.3, 0.4) is 0 Å². The second-order valence-electron chi connectivity index (χ2n) is 6.16. The molecule has 2 aliphatic rings. The summed E-state index contributed by atoms with van der Waals surface area (Å²) in [6, 6.07) is 7.40. The van der Waals surface area contributed by atoms with Crippen LogP contribution >= 0.6 is 0 Å². The van der Waals surface area contributed by atoms with Crippen LogP contribution in [-0.4, -0.2) is 19.1 Å². The average molecular weight is 353 g/mol. The summed E-state index contributed by atoms with van der Waals surface area (Å²) in [6.45, 7) is 0.652. The molecule has 0 radical (unpaired) electrons. The third kappa shape index (κ3) is 4.86. The number of rotatable bonds is 7. The van der Waals surface area contributed by atoms with E-state index in [1.165, 1.54) is 18.9 Å². The Morgan fingerprint density at radius 3 is 2.77 bits per heavy atom. The summed E-state index contributed by atoms with van der Waals surface area (Å²) in [6.07, 6.45) is 14.1. The van der Waals surface area contributed by atoms with Crippen LogP contribution in [0.25, 0.3) is 0 Å². The zero-order valence-corrected chi connectivity index (χ0v) is 14.8. The van der Waals surface area contributed by atoms with Crippen molar-refractivity contribution >= 4 is 5.97 Å². The number of hydrogen-bond acceptors (Lipinski definition) is 5. The minimum Gasteiger partial charge on any atom is -0.466 e. The van der Waals surface area contributed by atoms with Crippen LogP contribution in [0.1, 0.15) is 35.2 Å². The van der Waals surface area contributed by atoms with E-state index in [0.717, 1.165) is 30.6 Å². The van der Waals surface area contributed by atoms with Gasteiger partial charge in [0.15, 0.2) is 5.76 Å². The van der Waals surface area contributed by atoms with Gasteiger partial charge in [-0.1, -0.05) is 35.9 Å². The molecule has 0 bridgehead atoms. The maximum absolute atomic E-state index is 11.5. The number of esters is 1. The molecular weight excluding hydrogens is 330 g/mol. The molecule has 1 aliphatic carbocycles. The summed E-state index contributed by atoms with van der Waals surface area (Å²) in [5.41, 5.74) is 3.00. The SMILES string of the molecule is COC(=O)c1ccc(CNC(CC2=CC=CCC2)C2=COC=CO2)cc1. The highest BCUT2D eigenvalue weighted by atomic mass is 16.5. The molecule has 5 heteroatoms. The van der Waals surface area contributed by atoms with Gasteiger partial charge in [-0.3, -0.25) is 0 Å². The second-order valence-corrected chi connectivity index (χ2v) is 6.16. The molecule has 26 heavy (non-hydrogen) atoms. The molecule has 5 nitrogen and oxygen atoms in total. The molecular formula is C21H23NO4. The van der Waals surface area contributed by atoms with E-state index in [2.05, 4.69) is 23.5 Å². The van der Waals surface area contributed by atoms with Gasteiger partial charge in [-0.25, -0.2) is 4.79 Å². The number of methoxy groups -OCH3 is 1. The summed E-state index contributed by atoms with van der Waals surface area (Å²) < 4.78 is 15.6. The fraction of sp³-hybridized carbons (Fsp3) is 0.286. The lowest BCUT2D eigenvalue weighted by atomic mass is 9.97. The van der Waals surface area contributed by atoms with E-state index in [1.807, 2.05) is 12.1 Å². The van der Waals surface area contributed by atoms with Crippen LogP contribution in [0.5, 0.6) is 0 Å². The first-order valence-corrected chi connectivity index (χ1v) is 8.68. The number of hydrogen-bond donors (Lipinski definition) is 1. The van der Waals surface area contributed by atoms with E-state index in [1.54, 1.807) is 24.7 Å². The number of allylic oxidation sites excluding steroid dienone is 3. The van der Waals surface area contributed by atoms with Crippen molar-refractivity contribution < 1.29 is 19.0 Å². The van der Waals surface area contributed by atoms with Gasteiger partial charge in [0.05, 0.1) is 18.7 Å². The molecule has 1 N–H and O–H groups in total. The van der Waals surface area contributed by atoms with Gasteiger partial charge in [0.2, 0.25) is 0 Å². The van der Waals surface area contributed by atoms with E-state index in [-0.39, 0.29) is 12.0 Å². The molecule has 1 aromatic rings. The van der Waals surface area contributed by atoms with Gasteiger partial charge in [0.1, 0.15) is 18.8 Å². The topological polar surface area (TPSA) is 56.8 Å². The first-order valence-electron chi connectivity index (χ1n) is 8.68. The van der Waals surface area contributed by atoms with Crippen LogP contribution in [0, 0.1) is 0 Å². The Bertz CT molecular complexity index is 744. The Morgan fingerprint density at radius 1 is 1.27 bits per heavy atom. The van der Waals surface area contributed by atoms with Gasteiger partial charge in [0, 0.05) is 6.54 Å². The molecule has 1 aromatic carbocycles. The van der Waals surface area contributed by atoms with Crippen LogP contribution in [0.2, 0.25) is 0 Å². The molecule has 1 atom stereocenters. The van der Waals surface area contributed by atoms with Crippen molar-refractivity contribution in [2.45, 2.75) is 31.8 Å². The lowest BCUT2D eigenvalue weighted by Gasteiger charge is -2.24. The molecule has 1 heterocycles. The lowest BCUT2D eigenvalue weighted by Crippen LogP contribution is -2.32. The van der Waals surface area contributed by atoms with Gasteiger partial charge in [-0.05, 0) is 37.0 Å². The lowest BCUT2D eigenvalue weighted by molar-refractivity contribution is 0.0600. The Hall–Kier alpha value is -2.79.